The first-order valence-corrected chi connectivity index (χ1v) is 5.86. The minimum Gasteiger partial charge on any atom is -0.329 e. The zero-order valence-electron chi connectivity index (χ0n) is 9.36. The third-order valence-electron chi connectivity index (χ3n) is 2.61. The molecule has 0 aromatic heterocycles. The standard InChI is InChI=1S/C9H24N2Si/c1-7(12)9(4,5)11-8(2,3)6-10/h7,11H,6,10H2,1-5,12H3. The summed E-state index contributed by atoms with van der Waals surface area (Å²) in [7, 11) is 1.22. The summed E-state index contributed by atoms with van der Waals surface area (Å²) in [5.74, 6) is 0. The second-order valence-electron chi connectivity index (χ2n) is 5.09. The normalized spacial score (nSPS) is 16.5. The lowest BCUT2D eigenvalue weighted by Crippen LogP contribution is -2.57. The highest BCUT2D eigenvalue weighted by Crippen LogP contribution is 2.21. The first-order chi connectivity index (χ1) is 5.21. The molecule has 12 heavy (non-hydrogen) atoms. The van der Waals surface area contributed by atoms with Crippen molar-refractivity contribution in [1.82, 2.24) is 5.32 Å². The predicted molar refractivity (Wildman–Crippen MR) is 59.7 cm³/mol. The highest BCUT2D eigenvalue weighted by atomic mass is 28.1. The van der Waals surface area contributed by atoms with Crippen molar-refractivity contribution in [2.24, 2.45) is 5.73 Å². The fourth-order valence-corrected chi connectivity index (χ4v) is 1.21. The quantitative estimate of drug-likeness (QED) is 0.621. The topological polar surface area (TPSA) is 38.0 Å². The Bertz CT molecular complexity index is 141. The van der Waals surface area contributed by atoms with Gasteiger partial charge in [-0.2, -0.15) is 0 Å². The monoisotopic (exact) mass is 188 g/mol. The number of hydrogen-bond donors (Lipinski definition) is 2. The Morgan fingerprint density at radius 1 is 1.33 bits per heavy atom. The summed E-state index contributed by atoms with van der Waals surface area (Å²) < 4.78 is 0. The van der Waals surface area contributed by atoms with Gasteiger partial charge >= 0.3 is 0 Å². The van der Waals surface area contributed by atoms with Gasteiger partial charge in [-0.25, -0.2) is 0 Å². The van der Waals surface area contributed by atoms with E-state index in [2.05, 4.69) is 39.9 Å². The van der Waals surface area contributed by atoms with Gasteiger partial charge in [0.25, 0.3) is 0 Å². The van der Waals surface area contributed by atoms with Gasteiger partial charge in [-0.15, -0.1) is 0 Å². The van der Waals surface area contributed by atoms with Crippen LogP contribution < -0.4 is 11.1 Å². The van der Waals surface area contributed by atoms with Gasteiger partial charge in [-0.3, -0.25) is 0 Å². The van der Waals surface area contributed by atoms with Crippen LogP contribution in [0, 0.1) is 0 Å². The Hall–Kier alpha value is 0.137. The average Bonchev–Trinajstić information content (AvgIpc) is 1.85. The van der Waals surface area contributed by atoms with Gasteiger partial charge in [0.1, 0.15) is 0 Å². The molecule has 0 aliphatic rings. The van der Waals surface area contributed by atoms with Crippen molar-refractivity contribution in [2.45, 2.75) is 51.2 Å². The fourth-order valence-electron chi connectivity index (χ4n) is 1.07. The molecule has 0 aliphatic carbocycles. The summed E-state index contributed by atoms with van der Waals surface area (Å²) >= 11 is 0. The summed E-state index contributed by atoms with van der Waals surface area (Å²) in [4.78, 5) is 0. The maximum Gasteiger partial charge on any atom is 0.0252 e. The van der Waals surface area contributed by atoms with E-state index in [0.717, 1.165) is 5.54 Å². The first kappa shape index (κ1) is 12.1. The van der Waals surface area contributed by atoms with Gasteiger partial charge < -0.3 is 11.1 Å². The minimum atomic E-state index is 0.0577. The maximum atomic E-state index is 5.66. The predicted octanol–water partition coefficient (Wildman–Crippen LogP) is 0.266. The van der Waals surface area contributed by atoms with E-state index in [1.165, 1.54) is 10.2 Å². The molecule has 3 N–H and O–H groups in total. The van der Waals surface area contributed by atoms with Crippen LogP contribution in [-0.4, -0.2) is 27.9 Å². The lowest BCUT2D eigenvalue weighted by molar-refractivity contribution is 0.264. The molecular weight excluding hydrogens is 164 g/mol. The Morgan fingerprint density at radius 2 is 1.75 bits per heavy atom. The number of hydrogen-bond acceptors (Lipinski definition) is 2. The van der Waals surface area contributed by atoms with E-state index in [1.54, 1.807) is 0 Å². The van der Waals surface area contributed by atoms with Crippen molar-refractivity contribution in [3.05, 3.63) is 0 Å². The third-order valence-corrected chi connectivity index (χ3v) is 4.06. The zero-order chi connectivity index (χ0) is 9.99. The van der Waals surface area contributed by atoms with Gasteiger partial charge in [0.05, 0.1) is 0 Å². The molecule has 74 valence electrons. The molecule has 0 aromatic rings. The van der Waals surface area contributed by atoms with Gasteiger partial charge in [0.15, 0.2) is 0 Å². The van der Waals surface area contributed by atoms with E-state index < -0.39 is 0 Å². The molecule has 0 rings (SSSR count). The Balaban J connectivity index is 4.23. The van der Waals surface area contributed by atoms with Crippen LogP contribution in [0.25, 0.3) is 0 Å². The molecule has 0 bridgehead atoms. The van der Waals surface area contributed by atoms with Crippen LogP contribution in [0.4, 0.5) is 0 Å². The van der Waals surface area contributed by atoms with Crippen molar-refractivity contribution in [3.63, 3.8) is 0 Å². The minimum absolute atomic E-state index is 0.0577. The average molecular weight is 188 g/mol. The van der Waals surface area contributed by atoms with Crippen molar-refractivity contribution >= 4 is 10.2 Å². The second-order valence-corrected chi connectivity index (χ2v) is 6.82. The molecule has 0 radical (unpaired) electrons. The smallest absolute Gasteiger partial charge is 0.0252 e. The molecule has 0 aliphatic heterocycles. The Kier molecular flexibility index (Phi) is 3.94. The summed E-state index contributed by atoms with van der Waals surface area (Å²) in [5.41, 5.74) is 6.69. The van der Waals surface area contributed by atoms with Crippen LogP contribution >= 0.6 is 0 Å². The maximum absolute atomic E-state index is 5.66. The molecule has 0 heterocycles. The van der Waals surface area contributed by atoms with Crippen molar-refractivity contribution in [1.29, 1.82) is 0 Å². The van der Waals surface area contributed by atoms with E-state index in [-0.39, 0.29) is 11.1 Å². The van der Waals surface area contributed by atoms with Crippen LogP contribution in [0.1, 0.15) is 34.6 Å². The van der Waals surface area contributed by atoms with E-state index in [1.807, 2.05) is 0 Å². The molecule has 0 saturated carbocycles. The Morgan fingerprint density at radius 3 is 2.00 bits per heavy atom. The molecule has 0 fully saturated rings. The van der Waals surface area contributed by atoms with Gasteiger partial charge in [0, 0.05) is 27.9 Å². The summed E-state index contributed by atoms with van der Waals surface area (Å²) in [5, 5.41) is 3.59. The van der Waals surface area contributed by atoms with E-state index in [9.17, 15) is 0 Å². The summed E-state index contributed by atoms with van der Waals surface area (Å²) in [6.07, 6.45) is 0. The second kappa shape index (κ2) is 3.90. The van der Waals surface area contributed by atoms with Gasteiger partial charge in [-0.1, -0.05) is 6.92 Å². The zero-order valence-corrected chi connectivity index (χ0v) is 11.4. The number of nitrogens with two attached hydrogens (primary N) is 1. The van der Waals surface area contributed by atoms with E-state index in [4.69, 9.17) is 5.73 Å². The molecule has 1 atom stereocenters. The summed E-state index contributed by atoms with van der Waals surface area (Å²) in [6.45, 7) is 11.8. The molecule has 0 amide bonds. The van der Waals surface area contributed by atoms with Gasteiger partial charge in [0.2, 0.25) is 0 Å². The van der Waals surface area contributed by atoms with Crippen LogP contribution in [0.5, 0.6) is 0 Å². The lowest BCUT2D eigenvalue weighted by Gasteiger charge is -2.39. The largest absolute Gasteiger partial charge is 0.329 e. The number of nitrogens with one attached hydrogen (secondary N) is 1. The SMILES string of the molecule is CC([SiH3])C(C)(C)NC(C)(C)CN. The van der Waals surface area contributed by atoms with Crippen molar-refractivity contribution < 1.29 is 0 Å². The first-order valence-electron chi connectivity index (χ1n) is 4.71. The van der Waals surface area contributed by atoms with Crippen molar-refractivity contribution in [2.75, 3.05) is 6.54 Å². The Labute approximate surface area is 79.7 Å². The molecule has 2 nitrogen and oxygen atoms in total. The molecule has 1 unspecified atom stereocenters. The van der Waals surface area contributed by atoms with Crippen LogP contribution in [-0.2, 0) is 0 Å². The summed E-state index contributed by atoms with van der Waals surface area (Å²) in [6, 6.07) is 0. The lowest BCUT2D eigenvalue weighted by atomic mass is 9.95. The highest BCUT2D eigenvalue weighted by molar-refractivity contribution is 6.12. The van der Waals surface area contributed by atoms with E-state index >= 15 is 0 Å². The molecule has 3 heteroatoms. The molecule has 0 aromatic carbocycles. The van der Waals surface area contributed by atoms with Crippen molar-refractivity contribution in [3.8, 4) is 0 Å². The van der Waals surface area contributed by atoms with Gasteiger partial charge in [-0.05, 0) is 33.2 Å². The van der Waals surface area contributed by atoms with E-state index in [0.29, 0.717) is 6.54 Å². The highest BCUT2D eigenvalue weighted by Gasteiger charge is 2.28. The van der Waals surface area contributed by atoms with Crippen LogP contribution in [0.2, 0.25) is 5.54 Å². The molecular formula is C9H24N2Si. The number of rotatable bonds is 4. The molecule has 0 saturated heterocycles. The third kappa shape index (κ3) is 3.69. The van der Waals surface area contributed by atoms with Crippen LogP contribution in [0.3, 0.4) is 0 Å². The fraction of sp³-hybridized carbons (Fsp3) is 1.00. The molecule has 0 spiro atoms. The van der Waals surface area contributed by atoms with Crippen LogP contribution in [0.15, 0.2) is 0 Å².